The average Bonchev–Trinajstić information content (AvgIpc) is 2.35. The second kappa shape index (κ2) is 4.09. The van der Waals surface area contributed by atoms with Gasteiger partial charge in [-0.2, -0.15) is 0 Å². The predicted octanol–water partition coefficient (Wildman–Crippen LogP) is 2.84. The lowest BCUT2D eigenvalue weighted by atomic mass is 9.59. The fourth-order valence-corrected chi connectivity index (χ4v) is 2.72. The molecule has 3 nitrogen and oxygen atoms in total. The maximum atomic E-state index is 12.1. The van der Waals surface area contributed by atoms with Crippen LogP contribution in [0, 0.1) is 5.92 Å². The summed E-state index contributed by atoms with van der Waals surface area (Å²) >= 11 is 0. The summed E-state index contributed by atoms with van der Waals surface area (Å²) in [6, 6.07) is 0. The second-order valence-corrected chi connectivity index (χ2v) is 6.49. The maximum absolute atomic E-state index is 12.1. The smallest absolute Gasteiger partial charge is 0.403 e. The van der Waals surface area contributed by atoms with E-state index in [1.54, 1.807) is 0 Å². The molecule has 2 atom stereocenters. The number of ketones is 1. The summed E-state index contributed by atoms with van der Waals surface area (Å²) in [5, 5.41) is 0. The molecular weight excluding hydrogens is 215 g/mol. The van der Waals surface area contributed by atoms with E-state index in [-0.39, 0.29) is 24.1 Å². The molecule has 1 aliphatic heterocycles. The molecule has 96 valence electrons. The Bertz CT molecular complexity index is 309. The van der Waals surface area contributed by atoms with E-state index < -0.39 is 0 Å². The van der Waals surface area contributed by atoms with Gasteiger partial charge < -0.3 is 9.31 Å². The van der Waals surface area contributed by atoms with E-state index in [9.17, 15) is 4.79 Å². The van der Waals surface area contributed by atoms with E-state index in [1.165, 1.54) is 0 Å². The number of carbonyl (C=O) groups excluding carboxylic acids is 1. The lowest BCUT2D eigenvalue weighted by Crippen LogP contribution is -2.41. The molecular formula is C13H23BO3. The van der Waals surface area contributed by atoms with Crippen molar-refractivity contribution in [2.24, 2.45) is 5.92 Å². The molecule has 1 saturated heterocycles. The fraction of sp³-hybridized carbons (Fsp3) is 0.923. The quantitative estimate of drug-likeness (QED) is 0.659. The standard InChI is InChI=1S/C13H23BO3/c1-9-7-6-8-10(15)11(9)14-16-12(2,3)13(4,5)17-14/h9,11H,6-8H2,1-5H3. The van der Waals surface area contributed by atoms with E-state index in [0.717, 1.165) is 12.8 Å². The summed E-state index contributed by atoms with van der Waals surface area (Å²) in [4.78, 5) is 12.1. The Hall–Kier alpha value is -0.345. The first-order valence-corrected chi connectivity index (χ1v) is 6.63. The highest BCUT2D eigenvalue weighted by Gasteiger charge is 2.56. The normalized spacial score (nSPS) is 36.3. The van der Waals surface area contributed by atoms with Crippen LogP contribution in [0.2, 0.25) is 5.82 Å². The Morgan fingerprint density at radius 2 is 1.71 bits per heavy atom. The van der Waals surface area contributed by atoms with Gasteiger partial charge >= 0.3 is 7.12 Å². The molecule has 2 aliphatic rings. The van der Waals surface area contributed by atoms with Gasteiger partial charge in [0.25, 0.3) is 0 Å². The van der Waals surface area contributed by atoms with Crippen LogP contribution in [0.5, 0.6) is 0 Å². The zero-order valence-corrected chi connectivity index (χ0v) is 11.6. The van der Waals surface area contributed by atoms with Crippen molar-refractivity contribution in [2.45, 2.75) is 70.9 Å². The lowest BCUT2D eigenvalue weighted by molar-refractivity contribution is -0.121. The van der Waals surface area contributed by atoms with E-state index >= 15 is 0 Å². The van der Waals surface area contributed by atoms with Crippen LogP contribution in [0.25, 0.3) is 0 Å². The summed E-state index contributed by atoms with van der Waals surface area (Å²) in [5.41, 5.74) is -0.676. The van der Waals surface area contributed by atoms with Crippen molar-refractivity contribution < 1.29 is 14.1 Å². The van der Waals surface area contributed by atoms with Crippen molar-refractivity contribution in [1.82, 2.24) is 0 Å². The fourth-order valence-electron chi connectivity index (χ4n) is 2.72. The van der Waals surface area contributed by atoms with Gasteiger partial charge in [-0.1, -0.05) is 13.3 Å². The number of Topliss-reactive ketones (excluding diaryl/α,β-unsaturated/α-hetero) is 1. The van der Waals surface area contributed by atoms with Crippen molar-refractivity contribution in [3.63, 3.8) is 0 Å². The zero-order chi connectivity index (χ0) is 12.8. The third kappa shape index (κ3) is 2.17. The van der Waals surface area contributed by atoms with Gasteiger partial charge in [-0.15, -0.1) is 0 Å². The zero-order valence-electron chi connectivity index (χ0n) is 11.6. The van der Waals surface area contributed by atoms with Crippen LogP contribution in [-0.2, 0) is 14.1 Å². The molecule has 0 spiro atoms. The summed E-state index contributed by atoms with van der Waals surface area (Å²) in [6.45, 7) is 10.3. The van der Waals surface area contributed by atoms with Crippen LogP contribution >= 0.6 is 0 Å². The van der Waals surface area contributed by atoms with Crippen LogP contribution in [0.15, 0.2) is 0 Å². The molecule has 0 aromatic rings. The van der Waals surface area contributed by atoms with Crippen LogP contribution in [0.4, 0.5) is 0 Å². The molecule has 0 radical (unpaired) electrons. The van der Waals surface area contributed by atoms with Gasteiger partial charge in [-0.05, 0) is 40.0 Å². The van der Waals surface area contributed by atoms with Gasteiger partial charge in [-0.3, -0.25) is 4.79 Å². The molecule has 0 bridgehead atoms. The highest BCUT2D eigenvalue weighted by molar-refractivity contribution is 6.53. The van der Waals surface area contributed by atoms with Crippen LogP contribution < -0.4 is 0 Å². The Morgan fingerprint density at radius 3 is 2.18 bits per heavy atom. The van der Waals surface area contributed by atoms with Gasteiger partial charge in [0.1, 0.15) is 5.78 Å². The first-order valence-electron chi connectivity index (χ1n) is 6.63. The summed E-state index contributed by atoms with van der Waals surface area (Å²) in [5.74, 6) is 0.595. The van der Waals surface area contributed by atoms with Gasteiger partial charge in [0, 0.05) is 6.42 Å². The summed E-state index contributed by atoms with van der Waals surface area (Å²) in [6.07, 6.45) is 2.79. The molecule has 0 N–H and O–H groups in total. The Morgan fingerprint density at radius 1 is 1.18 bits per heavy atom. The average molecular weight is 238 g/mol. The molecule has 2 unspecified atom stereocenters. The van der Waals surface area contributed by atoms with Gasteiger partial charge in [0.15, 0.2) is 0 Å². The monoisotopic (exact) mass is 238 g/mol. The minimum atomic E-state index is -0.359. The number of hydrogen-bond donors (Lipinski definition) is 0. The molecule has 0 amide bonds. The van der Waals surface area contributed by atoms with Crippen molar-refractivity contribution in [3.8, 4) is 0 Å². The third-order valence-electron chi connectivity index (χ3n) is 4.63. The van der Waals surface area contributed by atoms with E-state index in [4.69, 9.17) is 9.31 Å². The number of rotatable bonds is 1. The molecule has 4 heteroatoms. The third-order valence-corrected chi connectivity index (χ3v) is 4.63. The van der Waals surface area contributed by atoms with Crippen LogP contribution in [0.1, 0.15) is 53.9 Å². The molecule has 2 fully saturated rings. The second-order valence-electron chi connectivity index (χ2n) is 6.49. The van der Waals surface area contributed by atoms with E-state index in [1.807, 2.05) is 27.7 Å². The van der Waals surface area contributed by atoms with E-state index in [0.29, 0.717) is 18.1 Å². The summed E-state index contributed by atoms with van der Waals surface area (Å²) in [7, 11) is -0.359. The highest BCUT2D eigenvalue weighted by atomic mass is 16.7. The van der Waals surface area contributed by atoms with Gasteiger partial charge in [-0.25, -0.2) is 0 Å². The van der Waals surface area contributed by atoms with Crippen molar-refractivity contribution in [3.05, 3.63) is 0 Å². The largest absolute Gasteiger partial charge is 0.469 e. The van der Waals surface area contributed by atoms with E-state index in [2.05, 4.69) is 6.92 Å². The van der Waals surface area contributed by atoms with Crippen molar-refractivity contribution >= 4 is 12.9 Å². The molecule has 1 aliphatic carbocycles. The SMILES string of the molecule is CC1CCCC(=O)C1B1OC(C)(C)C(C)(C)O1. The molecule has 2 rings (SSSR count). The lowest BCUT2D eigenvalue weighted by Gasteiger charge is -2.32. The number of hydrogen-bond acceptors (Lipinski definition) is 3. The Kier molecular flexibility index (Phi) is 3.15. The first kappa shape index (κ1) is 13.1. The highest BCUT2D eigenvalue weighted by Crippen LogP contribution is 2.44. The maximum Gasteiger partial charge on any atom is 0.469 e. The molecule has 0 aromatic carbocycles. The number of carbonyl (C=O) groups is 1. The van der Waals surface area contributed by atoms with Gasteiger partial charge in [0.05, 0.1) is 17.0 Å². The topological polar surface area (TPSA) is 35.5 Å². The Balaban J connectivity index is 2.17. The molecule has 1 saturated carbocycles. The molecule has 1 heterocycles. The minimum absolute atomic E-state index is 0.0789. The molecule has 17 heavy (non-hydrogen) atoms. The first-order chi connectivity index (χ1) is 7.74. The van der Waals surface area contributed by atoms with Crippen LogP contribution in [-0.4, -0.2) is 24.1 Å². The van der Waals surface area contributed by atoms with Gasteiger partial charge in [0.2, 0.25) is 0 Å². The van der Waals surface area contributed by atoms with Crippen molar-refractivity contribution in [2.75, 3.05) is 0 Å². The summed E-state index contributed by atoms with van der Waals surface area (Å²) < 4.78 is 12.0. The minimum Gasteiger partial charge on any atom is -0.403 e. The predicted molar refractivity (Wildman–Crippen MR) is 67.9 cm³/mol. The Labute approximate surface area is 104 Å². The van der Waals surface area contributed by atoms with Crippen molar-refractivity contribution in [1.29, 1.82) is 0 Å². The van der Waals surface area contributed by atoms with Crippen LogP contribution in [0.3, 0.4) is 0 Å². The molecule has 0 aromatic heterocycles.